The van der Waals surface area contributed by atoms with Gasteiger partial charge in [0.25, 0.3) is 0 Å². The molecule has 0 aliphatic rings. The van der Waals surface area contributed by atoms with Crippen LogP contribution in [0.25, 0.3) is 0 Å². The summed E-state index contributed by atoms with van der Waals surface area (Å²) < 4.78 is 33.8. The standard InChI is InChI=1S/2O2Se.H2O2/c2*1-3-2;1-2/h;;1-2H. The second-order valence-corrected chi connectivity index (χ2v) is 0.707. The second kappa shape index (κ2) is 58.3. The molecule has 0 aliphatic carbocycles. The van der Waals surface area contributed by atoms with E-state index >= 15 is 0 Å². The Balaban J connectivity index is -0.0000000483. The Labute approximate surface area is 55.9 Å². The van der Waals surface area contributed by atoms with Crippen LogP contribution >= 0.6 is 0 Å². The van der Waals surface area contributed by atoms with Crippen LogP contribution in [0, 0.1) is 0 Å². The van der Waals surface area contributed by atoms with Gasteiger partial charge >= 0.3 is 45.0 Å². The molecule has 8 heavy (non-hydrogen) atoms. The van der Waals surface area contributed by atoms with Crippen LogP contribution in [-0.2, 0) is 15.3 Å². The molecule has 0 aromatic heterocycles. The van der Waals surface area contributed by atoms with Crippen molar-refractivity contribution in [1.82, 2.24) is 0 Å². The Hall–Kier alpha value is 0.159. The molecule has 6 nitrogen and oxygen atoms in total. The Kier molecular flexibility index (Phi) is 114. The Morgan fingerprint density at radius 3 is 0.750 bits per heavy atom. The predicted octanol–water partition coefficient (Wildman–Crippen LogP) is -1.22. The molecule has 50 valence electrons. The molecule has 0 spiro atoms. The second-order valence-electron chi connectivity index (χ2n) is 0.136. The van der Waals surface area contributed by atoms with Crippen molar-refractivity contribution in [3.05, 3.63) is 0 Å². The summed E-state index contributed by atoms with van der Waals surface area (Å²) in [7, 11) is 0. The van der Waals surface area contributed by atoms with Gasteiger partial charge in [-0.2, -0.15) is 0 Å². The van der Waals surface area contributed by atoms with Crippen LogP contribution in [0.3, 0.4) is 0 Å². The Morgan fingerprint density at radius 2 is 0.750 bits per heavy atom. The molecular weight excluding hydrogens is 254 g/mol. The van der Waals surface area contributed by atoms with Crippen molar-refractivity contribution in [2.24, 2.45) is 0 Å². The van der Waals surface area contributed by atoms with Gasteiger partial charge in [-0.05, 0) is 0 Å². The van der Waals surface area contributed by atoms with Gasteiger partial charge in [0.15, 0.2) is 0 Å². The van der Waals surface area contributed by atoms with Gasteiger partial charge in [0.1, 0.15) is 0 Å². The van der Waals surface area contributed by atoms with Crippen molar-refractivity contribution in [3.8, 4) is 0 Å². The molecule has 0 amide bonds. The minimum absolute atomic E-state index is 1.62. The quantitative estimate of drug-likeness (QED) is 0.319. The van der Waals surface area contributed by atoms with Crippen LogP contribution in [0.1, 0.15) is 0 Å². The molecule has 0 atom stereocenters. The zero-order chi connectivity index (χ0) is 7.41. The average molecular weight is 256 g/mol. The van der Waals surface area contributed by atoms with Crippen molar-refractivity contribution >= 4 is 29.6 Å². The molecule has 8 heteroatoms. The summed E-state index contributed by atoms with van der Waals surface area (Å²) in [5.41, 5.74) is 0. The number of hydrogen-bond donors (Lipinski definition) is 2. The minimum Gasteiger partial charge on any atom is -0.255 e. The fourth-order valence-corrected chi connectivity index (χ4v) is 0. The smallest absolute Gasteiger partial charge is 0.255 e. The maximum absolute atomic E-state index is 8.44. The monoisotopic (exact) mass is 258 g/mol. The summed E-state index contributed by atoms with van der Waals surface area (Å²) in [6.45, 7) is 0. The summed E-state index contributed by atoms with van der Waals surface area (Å²) in [5.74, 6) is 0. The molecule has 2 N–H and O–H groups in total. The Bertz CT molecular complexity index is 60.5. The molecular formula is H2O6Se2. The van der Waals surface area contributed by atoms with Gasteiger partial charge in [-0.3, -0.25) is 10.5 Å². The van der Waals surface area contributed by atoms with Crippen molar-refractivity contribution in [1.29, 1.82) is 0 Å². The van der Waals surface area contributed by atoms with Gasteiger partial charge in [-0.1, -0.05) is 0 Å². The first-order chi connectivity index (χ1) is 3.83. The van der Waals surface area contributed by atoms with E-state index < -0.39 is 29.6 Å². The summed E-state index contributed by atoms with van der Waals surface area (Å²) in [6.07, 6.45) is 0. The van der Waals surface area contributed by atoms with E-state index in [0.29, 0.717) is 0 Å². The van der Waals surface area contributed by atoms with Gasteiger partial charge in [0, 0.05) is 0 Å². The number of rotatable bonds is 0. The normalized spacial score (nSPS) is 3.75. The zero-order valence-electron chi connectivity index (χ0n) is 3.34. The van der Waals surface area contributed by atoms with Crippen molar-refractivity contribution < 1.29 is 25.9 Å². The number of hydrogen-bond acceptors (Lipinski definition) is 6. The zero-order valence-corrected chi connectivity index (χ0v) is 6.77. The van der Waals surface area contributed by atoms with Crippen LogP contribution in [-0.4, -0.2) is 40.2 Å². The fraction of sp³-hybridized carbons (Fsp3) is 0. The first-order valence-electron chi connectivity index (χ1n) is 0.867. The predicted molar refractivity (Wildman–Crippen MR) is 19.5 cm³/mol. The maximum Gasteiger partial charge on any atom is -0.255 e. The van der Waals surface area contributed by atoms with E-state index in [-0.39, 0.29) is 0 Å². The van der Waals surface area contributed by atoms with Crippen molar-refractivity contribution in [2.45, 2.75) is 0 Å². The third-order valence-corrected chi connectivity index (χ3v) is 0. The molecule has 0 heterocycles. The average Bonchev–Trinajstić information content (AvgIpc) is 1.75. The van der Waals surface area contributed by atoms with Gasteiger partial charge in [-0.25, -0.2) is 0 Å². The van der Waals surface area contributed by atoms with Crippen LogP contribution in [0.15, 0.2) is 0 Å². The summed E-state index contributed by atoms with van der Waals surface area (Å²) in [6, 6.07) is 0. The van der Waals surface area contributed by atoms with E-state index in [0.717, 1.165) is 0 Å². The van der Waals surface area contributed by atoms with Crippen molar-refractivity contribution in [3.63, 3.8) is 0 Å². The maximum atomic E-state index is 8.44. The first-order valence-corrected chi connectivity index (χ1v) is 3.66. The van der Waals surface area contributed by atoms with Crippen LogP contribution in [0.5, 0.6) is 0 Å². The van der Waals surface area contributed by atoms with Crippen LogP contribution in [0.4, 0.5) is 0 Å². The molecule has 0 fully saturated rings. The summed E-state index contributed by atoms with van der Waals surface area (Å²) in [5, 5.41) is 12.0. The molecule has 0 radical (unpaired) electrons. The molecule has 0 unspecified atom stereocenters. The third-order valence-electron chi connectivity index (χ3n) is 0. The minimum atomic E-state index is -1.62. The van der Waals surface area contributed by atoms with Gasteiger partial charge < -0.3 is 0 Å². The van der Waals surface area contributed by atoms with E-state index in [9.17, 15) is 0 Å². The fourth-order valence-electron chi connectivity index (χ4n) is 0. The molecule has 0 aliphatic heterocycles. The molecule has 0 rings (SSSR count). The topological polar surface area (TPSA) is 109 Å². The molecule has 0 saturated heterocycles. The van der Waals surface area contributed by atoms with E-state index in [1.54, 1.807) is 0 Å². The summed E-state index contributed by atoms with van der Waals surface area (Å²) in [4.78, 5) is 0. The largest absolute Gasteiger partial charge is 0.255 e. The van der Waals surface area contributed by atoms with Gasteiger partial charge in [-0.15, -0.1) is 0 Å². The first kappa shape index (κ1) is 15.7. The van der Waals surface area contributed by atoms with Gasteiger partial charge in [0.2, 0.25) is 0 Å². The molecule has 0 aromatic rings. The molecule has 0 bridgehead atoms. The SMILES string of the molecule is O=[Se]=O.O=[Se]=O.OO. The van der Waals surface area contributed by atoms with Gasteiger partial charge in [0.05, 0.1) is 0 Å². The molecule has 0 saturated carbocycles. The van der Waals surface area contributed by atoms with Crippen molar-refractivity contribution in [2.75, 3.05) is 0 Å². The van der Waals surface area contributed by atoms with Crippen LogP contribution in [0.2, 0.25) is 0 Å². The third kappa shape index (κ3) is 6490. The molecule has 0 aromatic carbocycles. The van der Waals surface area contributed by atoms with E-state index in [4.69, 9.17) is 25.9 Å². The Morgan fingerprint density at radius 1 is 0.750 bits per heavy atom. The van der Waals surface area contributed by atoms with E-state index in [1.807, 2.05) is 0 Å². The van der Waals surface area contributed by atoms with E-state index in [2.05, 4.69) is 0 Å². The van der Waals surface area contributed by atoms with E-state index in [1.165, 1.54) is 0 Å². The summed E-state index contributed by atoms with van der Waals surface area (Å²) >= 11 is -3.25. The van der Waals surface area contributed by atoms with Crippen LogP contribution < -0.4 is 0 Å².